The van der Waals surface area contributed by atoms with Gasteiger partial charge in [-0.05, 0) is 42.8 Å². The molecule has 0 aliphatic rings. The number of carbonyl (C=O) groups is 1. The van der Waals surface area contributed by atoms with Crippen LogP contribution in [0.1, 0.15) is 21.5 Å². The maximum Gasteiger partial charge on any atom is 0.195 e. The molecule has 3 rings (SSSR count). The van der Waals surface area contributed by atoms with E-state index in [2.05, 4.69) is 25.9 Å². The summed E-state index contributed by atoms with van der Waals surface area (Å²) < 4.78 is 1.00. The summed E-state index contributed by atoms with van der Waals surface area (Å²) >= 11 is 3.44. The first kappa shape index (κ1) is 12.1. The molecule has 0 saturated carbocycles. The Morgan fingerprint density at radius 1 is 1.32 bits per heavy atom. The maximum absolute atomic E-state index is 12.5. The van der Waals surface area contributed by atoms with Gasteiger partial charge in [0.15, 0.2) is 5.78 Å². The van der Waals surface area contributed by atoms with Crippen molar-refractivity contribution >= 4 is 32.7 Å². The number of aromatic nitrogens is 2. The van der Waals surface area contributed by atoms with E-state index in [0.717, 1.165) is 21.1 Å². The first-order valence-electron chi connectivity index (χ1n) is 5.90. The molecule has 1 aromatic carbocycles. The first-order valence-corrected chi connectivity index (χ1v) is 6.69. The number of benzene rings is 1. The zero-order valence-electron chi connectivity index (χ0n) is 10.3. The number of fused-ring (bicyclic) bond motifs is 1. The Bertz CT molecular complexity index is 777. The quantitative estimate of drug-likeness (QED) is 0.730. The van der Waals surface area contributed by atoms with Crippen LogP contribution in [0.5, 0.6) is 0 Å². The third-order valence-electron chi connectivity index (χ3n) is 3.12. The molecule has 0 atom stereocenters. The second-order valence-electron chi connectivity index (χ2n) is 4.40. The van der Waals surface area contributed by atoms with Crippen LogP contribution in [0.3, 0.4) is 0 Å². The van der Waals surface area contributed by atoms with Crippen molar-refractivity contribution in [2.45, 2.75) is 6.92 Å². The van der Waals surface area contributed by atoms with E-state index in [1.165, 1.54) is 0 Å². The standard InChI is InChI=1S/C15H11BrN2O/c1-9-7-10(4-5-13(9)16)14(19)12-8-18-15-11(12)3-2-6-17-15/h2-8H,1H3,(H,17,18). The highest BCUT2D eigenvalue weighted by atomic mass is 79.9. The first-order chi connectivity index (χ1) is 9.16. The van der Waals surface area contributed by atoms with Crippen LogP contribution < -0.4 is 0 Å². The van der Waals surface area contributed by atoms with E-state index >= 15 is 0 Å². The van der Waals surface area contributed by atoms with Gasteiger partial charge in [0, 0.05) is 33.4 Å². The van der Waals surface area contributed by atoms with Gasteiger partial charge in [-0.15, -0.1) is 0 Å². The van der Waals surface area contributed by atoms with Gasteiger partial charge in [-0.1, -0.05) is 15.9 Å². The minimum Gasteiger partial charge on any atom is -0.345 e. The van der Waals surface area contributed by atoms with Crippen LogP contribution in [0.2, 0.25) is 0 Å². The molecule has 4 heteroatoms. The zero-order valence-corrected chi connectivity index (χ0v) is 11.9. The van der Waals surface area contributed by atoms with Crippen molar-refractivity contribution < 1.29 is 4.79 Å². The highest BCUT2D eigenvalue weighted by Crippen LogP contribution is 2.22. The van der Waals surface area contributed by atoms with Crippen LogP contribution in [0.15, 0.2) is 47.2 Å². The fourth-order valence-electron chi connectivity index (χ4n) is 2.09. The van der Waals surface area contributed by atoms with Gasteiger partial charge < -0.3 is 4.98 Å². The van der Waals surface area contributed by atoms with E-state index in [-0.39, 0.29) is 5.78 Å². The van der Waals surface area contributed by atoms with Gasteiger partial charge in [0.05, 0.1) is 0 Å². The molecule has 0 fully saturated rings. The molecule has 0 bridgehead atoms. The molecular formula is C15H11BrN2O. The second-order valence-corrected chi connectivity index (χ2v) is 5.25. The van der Waals surface area contributed by atoms with Crippen molar-refractivity contribution in [2.24, 2.45) is 0 Å². The number of hydrogen-bond acceptors (Lipinski definition) is 2. The van der Waals surface area contributed by atoms with Gasteiger partial charge >= 0.3 is 0 Å². The average Bonchev–Trinajstić information content (AvgIpc) is 2.85. The van der Waals surface area contributed by atoms with Crippen molar-refractivity contribution in [3.05, 3.63) is 63.9 Å². The van der Waals surface area contributed by atoms with Crippen LogP contribution in [-0.4, -0.2) is 15.8 Å². The Morgan fingerprint density at radius 3 is 2.95 bits per heavy atom. The van der Waals surface area contributed by atoms with E-state index in [1.54, 1.807) is 12.4 Å². The number of aryl methyl sites for hydroxylation is 1. The van der Waals surface area contributed by atoms with Gasteiger partial charge in [-0.3, -0.25) is 4.79 Å². The van der Waals surface area contributed by atoms with Crippen LogP contribution >= 0.6 is 15.9 Å². The van der Waals surface area contributed by atoms with Crippen LogP contribution in [0, 0.1) is 6.92 Å². The molecule has 0 amide bonds. The van der Waals surface area contributed by atoms with E-state index in [4.69, 9.17) is 0 Å². The summed E-state index contributed by atoms with van der Waals surface area (Å²) in [5.41, 5.74) is 3.12. The fourth-order valence-corrected chi connectivity index (χ4v) is 2.33. The summed E-state index contributed by atoms with van der Waals surface area (Å²) in [6, 6.07) is 9.35. The third-order valence-corrected chi connectivity index (χ3v) is 4.01. The molecule has 94 valence electrons. The predicted octanol–water partition coefficient (Wildman–Crippen LogP) is 3.86. The summed E-state index contributed by atoms with van der Waals surface area (Å²) in [6.07, 6.45) is 3.42. The Labute approximate surface area is 118 Å². The Hall–Kier alpha value is -1.94. The lowest BCUT2D eigenvalue weighted by molar-refractivity contribution is 0.104. The Morgan fingerprint density at radius 2 is 2.16 bits per heavy atom. The molecule has 3 aromatic rings. The maximum atomic E-state index is 12.5. The molecule has 0 aliphatic heterocycles. The largest absolute Gasteiger partial charge is 0.345 e. The number of nitrogens with one attached hydrogen (secondary N) is 1. The monoisotopic (exact) mass is 314 g/mol. The number of carbonyl (C=O) groups excluding carboxylic acids is 1. The number of rotatable bonds is 2. The van der Waals surface area contributed by atoms with Gasteiger partial charge in [-0.25, -0.2) is 4.98 Å². The number of ketones is 1. The normalized spacial score (nSPS) is 10.8. The van der Waals surface area contributed by atoms with Crippen molar-refractivity contribution in [3.8, 4) is 0 Å². The van der Waals surface area contributed by atoms with Crippen molar-refractivity contribution in [1.29, 1.82) is 0 Å². The highest BCUT2D eigenvalue weighted by Gasteiger charge is 2.14. The lowest BCUT2D eigenvalue weighted by Gasteiger charge is -2.03. The van der Waals surface area contributed by atoms with E-state index < -0.39 is 0 Å². The molecule has 2 heterocycles. The van der Waals surface area contributed by atoms with Crippen LogP contribution in [-0.2, 0) is 0 Å². The summed E-state index contributed by atoms with van der Waals surface area (Å²) in [5.74, 6) is 0.00912. The minimum atomic E-state index is 0.00912. The summed E-state index contributed by atoms with van der Waals surface area (Å²) in [7, 11) is 0. The van der Waals surface area contributed by atoms with Gasteiger partial charge in [0.2, 0.25) is 0 Å². The number of halogens is 1. The topological polar surface area (TPSA) is 45.8 Å². The summed E-state index contributed by atoms with van der Waals surface area (Å²) in [5, 5.41) is 0.855. The molecule has 0 radical (unpaired) electrons. The van der Waals surface area contributed by atoms with Crippen molar-refractivity contribution in [2.75, 3.05) is 0 Å². The lowest BCUT2D eigenvalue weighted by Crippen LogP contribution is -2.00. The molecule has 3 nitrogen and oxygen atoms in total. The Balaban J connectivity index is 2.11. The van der Waals surface area contributed by atoms with Crippen molar-refractivity contribution in [3.63, 3.8) is 0 Å². The average molecular weight is 315 g/mol. The lowest BCUT2D eigenvalue weighted by atomic mass is 10.0. The number of hydrogen-bond donors (Lipinski definition) is 1. The number of pyridine rings is 1. The van der Waals surface area contributed by atoms with E-state index in [9.17, 15) is 4.79 Å². The van der Waals surface area contributed by atoms with Crippen LogP contribution in [0.25, 0.3) is 11.0 Å². The summed E-state index contributed by atoms with van der Waals surface area (Å²) in [4.78, 5) is 19.7. The second kappa shape index (κ2) is 4.63. The molecule has 0 unspecified atom stereocenters. The smallest absolute Gasteiger partial charge is 0.195 e. The number of H-pyrrole nitrogens is 1. The summed E-state index contributed by atoms with van der Waals surface area (Å²) in [6.45, 7) is 1.97. The molecule has 1 N–H and O–H groups in total. The zero-order chi connectivity index (χ0) is 13.4. The van der Waals surface area contributed by atoms with Crippen LogP contribution in [0.4, 0.5) is 0 Å². The molecule has 0 spiro atoms. The fraction of sp³-hybridized carbons (Fsp3) is 0.0667. The van der Waals surface area contributed by atoms with Gasteiger partial charge in [0.1, 0.15) is 5.65 Å². The van der Waals surface area contributed by atoms with Gasteiger partial charge in [-0.2, -0.15) is 0 Å². The third kappa shape index (κ3) is 2.08. The molecule has 0 aliphatic carbocycles. The van der Waals surface area contributed by atoms with E-state index in [1.807, 2.05) is 37.3 Å². The molecule has 2 aromatic heterocycles. The highest BCUT2D eigenvalue weighted by molar-refractivity contribution is 9.10. The Kier molecular flexibility index (Phi) is 2.95. The number of aromatic amines is 1. The van der Waals surface area contributed by atoms with E-state index in [0.29, 0.717) is 11.1 Å². The molecular weight excluding hydrogens is 304 g/mol. The van der Waals surface area contributed by atoms with Gasteiger partial charge in [0.25, 0.3) is 0 Å². The molecule has 0 saturated heterocycles. The SMILES string of the molecule is Cc1cc(C(=O)c2c[nH]c3ncccc23)ccc1Br. The minimum absolute atomic E-state index is 0.00912. The number of nitrogens with zero attached hydrogens (tertiary/aromatic N) is 1. The molecule has 19 heavy (non-hydrogen) atoms. The van der Waals surface area contributed by atoms with Crippen molar-refractivity contribution in [1.82, 2.24) is 9.97 Å². The predicted molar refractivity (Wildman–Crippen MR) is 78.4 cm³/mol.